The van der Waals surface area contributed by atoms with Crippen molar-refractivity contribution < 1.29 is 4.79 Å². The van der Waals surface area contributed by atoms with Gasteiger partial charge < -0.3 is 5.32 Å². The van der Waals surface area contributed by atoms with Crippen molar-refractivity contribution in [1.82, 2.24) is 0 Å². The molecule has 110 valence electrons. The van der Waals surface area contributed by atoms with Crippen LogP contribution in [0.15, 0.2) is 42.5 Å². The molecule has 2 rings (SSSR count). The number of anilines is 1. The summed E-state index contributed by atoms with van der Waals surface area (Å²) in [4.78, 5) is 11.9. The number of aryl methyl sites for hydroxylation is 2. The van der Waals surface area contributed by atoms with E-state index in [-0.39, 0.29) is 5.91 Å². The third-order valence-corrected chi connectivity index (χ3v) is 3.65. The number of nitrogens with one attached hydrogen (secondary N) is 1. The molecule has 1 amide bonds. The van der Waals surface area contributed by atoms with E-state index in [2.05, 4.69) is 36.5 Å². The van der Waals surface area contributed by atoms with Crippen molar-refractivity contribution in [2.45, 2.75) is 26.2 Å². The van der Waals surface area contributed by atoms with Crippen molar-refractivity contribution in [1.29, 1.82) is 0 Å². The Morgan fingerprint density at radius 2 is 1.57 bits per heavy atom. The first kappa shape index (κ1) is 15.9. The van der Waals surface area contributed by atoms with Crippen LogP contribution in [0.4, 0.5) is 5.69 Å². The lowest BCUT2D eigenvalue weighted by Crippen LogP contribution is -2.12. The lowest BCUT2D eigenvalue weighted by Gasteiger charge is -2.07. The summed E-state index contributed by atoms with van der Waals surface area (Å²) in [5.74, 6) is -0.0482. The number of rotatable bonds is 5. The SMILES string of the molecule is CCc1ccc(CCC(=O)Nc2cc(Cl)cc(Cl)c2)cc1. The van der Waals surface area contributed by atoms with Crippen LogP contribution < -0.4 is 5.32 Å². The van der Waals surface area contributed by atoms with Gasteiger partial charge in [0, 0.05) is 22.2 Å². The van der Waals surface area contributed by atoms with Gasteiger partial charge in [-0.25, -0.2) is 0 Å². The number of hydrogen-bond acceptors (Lipinski definition) is 1. The zero-order valence-electron chi connectivity index (χ0n) is 11.8. The second-order valence-corrected chi connectivity index (χ2v) is 5.75. The van der Waals surface area contributed by atoms with E-state index < -0.39 is 0 Å². The number of amides is 1. The van der Waals surface area contributed by atoms with Crippen molar-refractivity contribution in [3.05, 3.63) is 63.6 Å². The molecule has 2 aromatic rings. The Kier molecular flexibility index (Phi) is 5.66. The van der Waals surface area contributed by atoms with Gasteiger partial charge in [-0.3, -0.25) is 4.79 Å². The summed E-state index contributed by atoms with van der Waals surface area (Å²) in [7, 11) is 0. The lowest BCUT2D eigenvalue weighted by molar-refractivity contribution is -0.116. The summed E-state index contributed by atoms with van der Waals surface area (Å²) in [6, 6.07) is 13.3. The molecule has 0 aliphatic carbocycles. The van der Waals surface area contributed by atoms with Gasteiger partial charge in [0.2, 0.25) is 5.91 Å². The molecule has 0 spiro atoms. The van der Waals surface area contributed by atoms with Crippen LogP contribution in [0.1, 0.15) is 24.5 Å². The predicted molar refractivity (Wildman–Crippen MR) is 89.2 cm³/mol. The Hall–Kier alpha value is -1.51. The molecule has 0 heterocycles. The molecule has 0 radical (unpaired) electrons. The molecule has 0 unspecified atom stereocenters. The summed E-state index contributed by atoms with van der Waals surface area (Å²) < 4.78 is 0. The highest BCUT2D eigenvalue weighted by Gasteiger charge is 2.05. The fourth-order valence-corrected chi connectivity index (χ4v) is 2.58. The molecule has 0 aliphatic heterocycles. The Morgan fingerprint density at radius 1 is 1.00 bits per heavy atom. The van der Waals surface area contributed by atoms with Gasteiger partial charge in [-0.15, -0.1) is 0 Å². The molecule has 2 nitrogen and oxygen atoms in total. The minimum absolute atomic E-state index is 0.0482. The fourth-order valence-electron chi connectivity index (χ4n) is 2.05. The van der Waals surface area contributed by atoms with Crippen LogP contribution in [0.5, 0.6) is 0 Å². The lowest BCUT2D eigenvalue weighted by atomic mass is 10.1. The first-order valence-electron chi connectivity index (χ1n) is 6.90. The van der Waals surface area contributed by atoms with Gasteiger partial charge in [0.05, 0.1) is 0 Å². The highest BCUT2D eigenvalue weighted by Crippen LogP contribution is 2.22. The summed E-state index contributed by atoms with van der Waals surface area (Å²) in [5, 5.41) is 3.82. The van der Waals surface area contributed by atoms with E-state index in [0.717, 1.165) is 12.0 Å². The van der Waals surface area contributed by atoms with E-state index in [0.29, 0.717) is 28.6 Å². The first-order valence-corrected chi connectivity index (χ1v) is 7.66. The molecule has 0 aliphatic rings. The molecule has 0 aromatic heterocycles. The van der Waals surface area contributed by atoms with E-state index in [1.807, 2.05) is 0 Å². The second kappa shape index (κ2) is 7.48. The molecule has 4 heteroatoms. The van der Waals surface area contributed by atoms with Crippen molar-refractivity contribution in [3.63, 3.8) is 0 Å². The van der Waals surface area contributed by atoms with Gasteiger partial charge >= 0.3 is 0 Å². The number of halogens is 2. The monoisotopic (exact) mass is 321 g/mol. The van der Waals surface area contributed by atoms with Gasteiger partial charge in [-0.2, -0.15) is 0 Å². The molecule has 2 aromatic carbocycles. The zero-order valence-corrected chi connectivity index (χ0v) is 13.3. The normalized spacial score (nSPS) is 10.4. The molecular formula is C17H17Cl2NO. The number of carbonyl (C=O) groups is 1. The fraction of sp³-hybridized carbons (Fsp3) is 0.235. The molecule has 0 fully saturated rings. The predicted octanol–water partition coefficient (Wildman–Crippen LogP) is 5.13. The van der Waals surface area contributed by atoms with Gasteiger partial charge in [0.1, 0.15) is 0 Å². The average molecular weight is 322 g/mol. The summed E-state index contributed by atoms with van der Waals surface area (Å²) in [6.07, 6.45) is 2.16. The third kappa shape index (κ3) is 5.07. The molecule has 1 N–H and O–H groups in total. The minimum atomic E-state index is -0.0482. The van der Waals surface area contributed by atoms with Crippen LogP contribution in [-0.4, -0.2) is 5.91 Å². The largest absolute Gasteiger partial charge is 0.326 e. The highest BCUT2D eigenvalue weighted by molar-refractivity contribution is 6.35. The Balaban J connectivity index is 1.89. The molecule has 0 saturated heterocycles. The maximum atomic E-state index is 11.9. The Bertz CT molecular complexity index is 603. The van der Waals surface area contributed by atoms with Gasteiger partial charge in [0.25, 0.3) is 0 Å². The van der Waals surface area contributed by atoms with Crippen LogP contribution >= 0.6 is 23.2 Å². The zero-order chi connectivity index (χ0) is 15.2. The van der Waals surface area contributed by atoms with Crippen molar-refractivity contribution in [2.24, 2.45) is 0 Å². The van der Waals surface area contributed by atoms with Crippen molar-refractivity contribution in [3.8, 4) is 0 Å². The maximum Gasteiger partial charge on any atom is 0.224 e. The van der Waals surface area contributed by atoms with E-state index in [1.165, 1.54) is 5.56 Å². The van der Waals surface area contributed by atoms with E-state index in [4.69, 9.17) is 23.2 Å². The quantitative estimate of drug-likeness (QED) is 0.812. The van der Waals surface area contributed by atoms with Gasteiger partial charge in [0.15, 0.2) is 0 Å². The minimum Gasteiger partial charge on any atom is -0.326 e. The highest BCUT2D eigenvalue weighted by atomic mass is 35.5. The van der Waals surface area contributed by atoms with Crippen molar-refractivity contribution in [2.75, 3.05) is 5.32 Å². The molecule has 0 bridgehead atoms. The Labute approximate surface area is 135 Å². The second-order valence-electron chi connectivity index (χ2n) is 4.88. The van der Waals surface area contributed by atoms with Gasteiger partial charge in [-0.1, -0.05) is 54.4 Å². The van der Waals surface area contributed by atoms with Crippen LogP contribution in [0.2, 0.25) is 10.0 Å². The average Bonchev–Trinajstić information content (AvgIpc) is 2.44. The van der Waals surface area contributed by atoms with Crippen molar-refractivity contribution >= 4 is 34.8 Å². The van der Waals surface area contributed by atoms with Crippen LogP contribution in [0, 0.1) is 0 Å². The number of hydrogen-bond donors (Lipinski definition) is 1. The number of carbonyl (C=O) groups excluding carboxylic acids is 1. The molecule has 21 heavy (non-hydrogen) atoms. The van der Waals surface area contributed by atoms with Crippen LogP contribution in [0.3, 0.4) is 0 Å². The molecule has 0 atom stereocenters. The number of benzene rings is 2. The third-order valence-electron chi connectivity index (χ3n) is 3.22. The summed E-state index contributed by atoms with van der Waals surface area (Å²) >= 11 is 11.8. The van der Waals surface area contributed by atoms with Crippen LogP contribution in [-0.2, 0) is 17.6 Å². The maximum absolute atomic E-state index is 11.9. The topological polar surface area (TPSA) is 29.1 Å². The summed E-state index contributed by atoms with van der Waals surface area (Å²) in [6.45, 7) is 2.12. The smallest absolute Gasteiger partial charge is 0.224 e. The Morgan fingerprint density at radius 3 is 2.14 bits per heavy atom. The van der Waals surface area contributed by atoms with E-state index >= 15 is 0 Å². The molecule has 0 saturated carbocycles. The standard InChI is InChI=1S/C17H17Cl2NO/c1-2-12-3-5-13(6-4-12)7-8-17(21)20-16-10-14(18)9-15(19)11-16/h3-6,9-11H,2,7-8H2,1H3,(H,20,21). The van der Waals surface area contributed by atoms with Gasteiger partial charge in [-0.05, 0) is 42.2 Å². The first-order chi connectivity index (χ1) is 10.1. The molecular weight excluding hydrogens is 305 g/mol. The van der Waals surface area contributed by atoms with Crippen LogP contribution in [0.25, 0.3) is 0 Å². The van der Waals surface area contributed by atoms with E-state index in [1.54, 1.807) is 18.2 Å². The summed E-state index contributed by atoms with van der Waals surface area (Å²) in [5.41, 5.74) is 3.09. The van der Waals surface area contributed by atoms with E-state index in [9.17, 15) is 4.79 Å².